The molecule has 0 aliphatic rings. The van der Waals surface area contributed by atoms with E-state index in [0.29, 0.717) is 10.6 Å². The maximum atomic E-state index is 13.6. The molecule has 2 atom stereocenters. The number of nitrogens with zero attached hydrogens (tertiary/aromatic N) is 2. The Hall–Kier alpha value is -3.69. The number of amides is 1. The molecule has 0 fully saturated rings. The number of nitrogens with one attached hydrogen (secondary N) is 1. The number of rotatable bonds is 8. The third-order valence-corrected chi connectivity index (χ3v) is 5.94. The highest BCUT2D eigenvalue weighted by atomic mass is 35.5. The van der Waals surface area contributed by atoms with Gasteiger partial charge in [0.15, 0.2) is 17.2 Å². The number of methoxy groups -OCH3 is 1. The average molecular weight is 502 g/mol. The van der Waals surface area contributed by atoms with Gasteiger partial charge in [0.25, 0.3) is 5.91 Å². The van der Waals surface area contributed by atoms with Gasteiger partial charge >= 0.3 is 5.97 Å². The van der Waals surface area contributed by atoms with Crippen LogP contribution in [0, 0.1) is 5.82 Å². The number of hydrogen-bond acceptors (Lipinski definition) is 7. The number of carbonyl (C=O) groups is 2. The van der Waals surface area contributed by atoms with Gasteiger partial charge in [-0.15, -0.1) is 5.06 Å². The standard InChI is InChI=1S/C25H25ClFN3O5/c1-15(29-23(32)21-22(31)20(34-4)13-14-28-21)24(33)35-30(3)25(2,16-5-9-18(26)10-6-16)17-7-11-19(27)12-8-17/h5-15,31H,1-4H3,(H,29,32)/t15-,25?/m0/s1. The number of aromatic nitrogens is 1. The van der Waals surface area contributed by atoms with E-state index in [9.17, 15) is 19.1 Å². The molecule has 2 N–H and O–H groups in total. The summed E-state index contributed by atoms with van der Waals surface area (Å²) in [6, 6.07) is 13.1. The Balaban J connectivity index is 1.82. The van der Waals surface area contributed by atoms with Gasteiger partial charge in [0.05, 0.1) is 7.11 Å². The number of pyridine rings is 1. The molecule has 0 spiro atoms. The molecule has 1 amide bonds. The van der Waals surface area contributed by atoms with Crippen LogP contribution in [0.1, 0.15) is 35.5 Å². The van der Waals surface area contributed by atoms with Crippen LogP contribution in [0.15, 0.2) is 60.8 Å². The van der Waals surface area contributed by atoms with Crippen LogP contribution >= 0.6 is 11.6 Å². The zero-order valence-corrected chi connectivity index (χ0v) is 20.3. The van der Waals surface area contributed by atoms with Crippen molar-refractivity contribution in [3.63, 3.8) is 0 Å². The van der Waals surface area contributed by atoms with Gasteiger partial charge in [0.2, 0.25) is 0 Å². The number of aromatic hydroxyl groups is 1. The summed E-state index contributed by atoms with van der Waals surface area (Å²) in [5.74, 6) is -2.34. The summed E-state index contributed by atoms with van der Waals surface area (Å²) >= 11 is 6.04. The number of carbonyl (C=O) groups excluding carboxylic acids is 2. The van der Waals surface area contributed by atoms with Crippen LogP contribution in [0.3, 0.4) is 0 Å². The van der Waals surface area contributed by atoms with E-state index in [0.717, 1.165) is 5.56 Å². The minimum atomic E-state index is -1.10. The summed E-state index contributed by atoms with van der Waals surface area (Å²) in [4.78, 5) is 34.9. The molecule has 3 aromatic rings. The fourth-order valence-electron chi connectivity index (χ4n) is 3.48. The van der Waals surface area contributed by atoms with Gasteiger partial charge in [-0.1, -0.05) is 35.9 Å². The smallest absolute Gasteiger partial charge is 0.347 e. The Morgan fingerprint density at radius 3 is 2.26 bits per heavy atom. The number of halogens is 2. The summed E-state index contributed by atoms with van der Waals surface area (Å²) < 4.78 is 18.6. The van der Waals surface area contributed by atoms with Gasteiger partial charge < -0.3 is 20.0 Å². The number of hydroxylamine groups is 2. The van der Waals surface area contributed by atoms with Crippen LogP contribution in [0.4, 0.5) is 4.39 Å². The zero-order chi connectivity index (χ0) is 25.8. The Kier molecular flexibility index (Phi) is 7.93. The van der Waals surface area contributed by atoms with Gasteiger partial charge in [-0.2, -0.15) is 0 Å². The second-order valence-corrected chi connectivity index (χ2v) is 8.34. The highest BCUT2D eigenvalue weighted by Crippen LogP contribution is 2.36. The molecule has 10 heteroatoms. The lowest BCUT2D eigenvalue weighted by atomic mass is 9.84. The molecule has 1 unspecified atom stereocenters. The van der Waals surface area contributed by atoms with Crippen molar-refractivity contribution in [2.45, 2.75) is 25.4 Å². The monoisotopic (exact) mass is 501 g/mol. The highest BCUT2D eigenvalue weighted by molar-refractivity contribution is 6.30. The van der Waals surface area contributed by atoms with E-state index in [4.69, 9.17) is 21.2 Å². The minimum absolute atomic E-state index is 0.0677. The number of ether oxygens (including phenoxy) is 1. The van der Waals surface area contributed by atoms with E-state index in [2.05, 4.69) is 10.3 Å². The van der Waals surface area contributed by atoms with Gasteiger partial charge in [-0.25, -0.2) is 14.2 Å². The Labute approximate surface area is 207 Å². The lowest BCUT2D eigenvalue weighted by molar-refractivity contribution is -0.207. The Bertz CT molecular complexity index is 1160. The maximum Gasteiger partial charge on any atom is 0.347 e. The fourth-order valence-corrected chi connectivity index (χ4v) is 3.60. The first-order valence-corrected chi connectivity index (χ1v) is 11.0. The normalized spacial score (nSPS) is 13.6. The van der Waals surface area contributed by atoms with E-state index in [-0.39, 0.29) is 11.4 Å². The molecule has 35 heavy (non-hydrogen) atoms. The molecule has 0 aliphatic heterocycles. The van der Waals surface area contributed by atoms with Crippen molar-refractivity contribution >= 4 is 23.5 Å². The first-order chi connectivity index (χ1) is 16.6. The van der Waals surface area contributed by atoms with Crippen molar-refractivity contribution < 1.29 is 28.7 Å². The summed E-state index contributed by atoms with van der Waals surface area (Å²) in [6.07, 6.45) is 1.30. The molecule has 0 aliphatic carbocycles. The third kappa shape index (κ3) is 5.52. The number of hydrogen-bond donors (Lipinski definition) is 2. The molecule has 0 bridgehead atoms. The largest absolute Gasteiger partial charge is 0.503 e. The van der Waals surface area contributed by atoms with Crippen molar-refractivity contribution in [3.05, 3.63) is 88.5 Å². The van der Waals surface area contributed by atoms with Crippen LogP contribution in [0.5, 0.6) is 11.5 Å². The van der Waals surface area contributed by atoms with Crippen LogP contribution < -0.4 is 10.1 Å². The van der Waals surface area contributed by atoms with Crippen LogP contribution in [0.25, 0.3) is 0 Å². The summed E-state index contributed by atoms with van der Waals surface area (Å²) in [7, 11) is 2.89. The Morgan fingerprint density at radius 1 is 1.11 bits per heavy atom. The lowest BCUT2D eigenvalue weighted by Gasteiger charge is -2.38. The van der Waals surface area contributed by atoms with E-state index in [1.165, 1.54) is 43.5 Å². The fraction of sp³-hybridized carbons (Fsp3) is 0.240. The van der Waals surface area contributed by atoms with E-state index in [1.54, 1.807) is 50.4 Å². The molecular formula is C25H25ClFN3O5. The van der Waals surface area contributed by atoms with Gasteiger partial charge in [-0.05, 0) is 49.2 Å². The summed E-state index contributed by atoms with van der Waals surface area (Å²) in [5, 5.41) is 14.5. The summed E-state index contributed by atoms with van der Waals surface area (Å²) in [5.41, 5.74) is 0.0592. The SMILES string of the molecule is COc1ccnc(C(=O)N[C@@H](C)C(=O)ON(C)C(C)(c2ccc(F)cc2)c2ccc(Cl)cc2)c1O. The topological polar surface area (TPSA) is 101 Å². The molecule has 2 aromatic carbocycles. The number of benzene rings is 2. The molecule has 0 saturated heterocycles. The van der Waals surface area contributed by atoms with Crippen LogP contribution in [0.2, 0.25) is 5.02 Å². The predicted octanol–water partition coefficient (Wildman–Crippen LogP) is 4.06. The van der Waals surface area contributed by atoms with E-state index < -0.39 is 35.0 Å². The lowest BCUT2D eigenvalue weighted by Crippen LogP contribution is -2.47. The first-order valence-electron chi connectivity index (χ1n) is 10.6. The molecule has 3 rings (SSSR count). The molecule has 0 radical (unpaired) electrons. The first kappa shape index (κ1) is 25.9. The van der Waals surface area contributed by atoms with Gasteiger partial charge in [0, 0.05) is 24.3 Å². The van der Waals surface area contributed by atoms with Gasteiger partial charge in [-0.3, -0.25) is 4.79 Å². The van der Waals surface area contributed by atoms with Crippen LogP contribution in [-0.2, 0) is 15.2 Å². The molecule has 8 nitrogen and oxygen atoms in total. The molecular weight excluding hydrogens is 477 g/mol. The summed E-state index contributed by atoms with van der Waals surface area (Å²) in [6.45, 7) is 3.24. The molecule has 0 saturated carbocycles. The third-order valence-electron chi connectivity index (χ3n) is 5.69. The second kappa shape index (κ2) is 10.7. The maximum absolute atomic E-state index is 13.6. The van der Waals surface area contributed by atoms with E-state index in [1.807, 2.05) is 0 Å². The van der Waals surface area contributed by atoms with E-state index >= 15 is 0 Å². The van der Waals surface area contributed by atoms with Crippen molar-refractivity contribution in [1.82, 2.24) is 15.4 Å². The van der Waals surface area contributed by atoms with Crippen molar-refractivity contribution in [2.75, 3.05) is 14.2 Å². The Morgan fingerprint density at radius 2 is 1.69 bits per heavy atom. The highest BCUT2D eigenvalue weighted by Gasteiger charge is 2.37. The van der Waals surface area contributed by atoms with Crippen molar-refractivity contribution in [1.29, 1.82) is 0 Å². The minimum Gasteiger partial charge on any atom is -0.503 e. The predicted molar refractivity (Wildman–Crippen MR) is 128 cm³/mol. The molecule has 1 aromatic heterocycles. The van der Waals surface area contributed by atoms with Crippen molar-refractivity contribution in [3.8, 4) is 11.5 Å². The quantitative estimate of drug-likeness (QED) is 0.449. The van der Waals surface area contributed by atoms with Gasteiger partial charge in [0.1, 0.15) is 17.4 Å². The molecule has 184 valence electrons. The molecule has 1 heterocycles. The van der Waals surface area contributed by atoms with Crippen LogP contribution in [-0.4, -0.2) is 47.2 Å². The zero-order valence-electron chi connectivity index (χ0n) is 19.6. The second-order valence-electron chi connectivity index (χ2n) is 7.90. The van der Waals surface area contributed by atoms with Crippen molar-refractivity contribution in [2.24, 2.45) is 0 Å². The average Bonchev–Trinajstić information content (AvgIpc) is 2.84.